The first-order valence-corrected chi connectivity index (χ1v) is 18.8. The smallest absolute Gasteiger partial charge is 0.137 e. The summed E-state index contributed by atoms with van der Waals surface area (Å²) in [6, 6.07) is 73.8. The first kappa shape index (κ1) is 31.2. The van der Waals surface area contributed by atoms with E-state index in [1.165, 1.54) is 32.3 Å². The molecule has 10 aromatic rings. The zero-order chi connectivity index (χ0) is 36.3. The number of anilines is 6. The molecule has 1 aliphatic heterocycles. The molecular weight excluding hydrogens is 669 g/mol. The zero-order valence-electron chi connectivity index (χ0n) is 29.9. The molecule has 0 radical (unpaired) electrons. The van der Waals surface area contributed by atoms with Crippen molar-refractivity contribution in [2.75, 3.05) is 9.80 Å². The Kier molecular flexibility index (Phi) is 7.17. The van der Waals surface area contributed by atoms with Crippen LogP contribution in [0.1, 0.15) is 0 Å². The summed E-state index contributed by atoms with van der Waals surface area (Å²) < 4.78 is 6.91. The maximum absolute atomic E-state index is 6.91. The van der Waals surface area contributed by atoms with Crippen molar-refractivity contribution < 1.29 is 4.74 Å². The van der Waals surface area contributed by atoms with Gasteiger partial charge < -0.3 is 14.5 Å². The van der Waals surface area contributed by atoms with Gasteiger partial charge in [0.1, 0.15) is 11.5 Å². The van der Waals surface area contributed by atoms with E-state index in [-0.39, 0.29) is 0 Å². The lowest BCUT2D eigenvalue weighted by Gasteiger charge is -2.31. The molecule has 0 amide bonds. The van der Waals surface area contributed by atoms with Gasteiger partial charge in [0.2, 0.25) is 0 Å². The molecule has 3 nitrogen and oxygen atoms in total. The van der Waals surface area contributed by atoms with Gasteiger partial charge in [0.25, 0.3) is 0 Å². The van der Waals surface area contributed by atoms with Crippen LogP contribution in [-0.2, 0) is 0 Å². The zero-order valence-corrected chi connectivity index (χ0v) is 29.9. The lowest BCUT2D eigenvalue weighted by atomic mass is 9.92. The Morgan fingerprint density at radius 1 is 0.291 bits per heavy atom. The number of hydrogen-bond acceptors (Lipinski definition) is 3. The van der Waals surface area contributed by atoms with Gasteiger partial charge in [-0.1, -0.05) is 133 Å². The van der Waals surface area contributed by atoms with Gasteiger partial charge in [0.05, 0.1) is 11.4 Å². The third-order valence-electron chi connectivity index (χ3n) is 11.0. The van der Waals surface area contributed by atoms with Crippen LogP contribution in [0.2, 0.25) is 0 Å². The second-order valence-electron chi connectivity index (χ2n) is 14.1. The molecule has 10 aromatic carbocycles. The summed E-state index contributed by atoms with van der Waals surface area (Å²) in [7, 11) is 0. The Morgan fingerprint density at radius 3 is 1.69 bits per heavy atom. The third-order valence-corrected chi connectivity index (χ3v) is 11.0. The highest BCUT2D eigenvalue weighted by atomic mass is 16.5. The van der Waals surface area contributed by atoms with Crippen molar-refractivity contribution in [3.63, 3.8) is 0 Å². The fourth-order valence-electron chi connectivity index (χ4n) is 8.48. The molecule has 0 aromatic heterocycles. The highest BCUT2D eigenvalue weighted by molar-refractivity contribution is 6.17. The molecule has 11 rings (SSSR count). The first-order chi connectivity index (χ1) is 27.3. The molecule has 0 saturated carbocycles. The Bertz CT molecular complexity index is 3080. The summed E-state index contributed by atoms with van der Waals surface area (Å²) in [5.41, 5.74) is 8.78. The van der Waals surface area contributed by atoms with Crippen molar-refractivity contribution in [1.82, 2.24) is 0 Å². The standard InChI is InChI=1S/C52H34N2O/c1-3-17-38(18-4-1)53(40-27-26-35-14-7-8-15-36(35)32-40)41-28-29-45-46-30-31-48(47-24-13-25-50(52(46)47)55-51(45)34-41)54(39-19-5-2-6-20-39)49-33-37-16-9-10-21-42(37)43-22-11-12-23-44(43)49/h1-34H. The summed E-state index contributed by atoms with van der Waals surface area (Å²) >= 11 is 0. The maximum Gasteiger partial charge on any atom is 0.137 e. The average Bonchev–Trinajstić information content (AvgIpc) is 3.25. The molecule has 0 spiro atoms. The van der Waals surface area contributed by atoms with Crippen LogP contribution in [0.15, 0.2) is 206 Å². The van der Waals surface area contributed by atoms with Crippen LogP contribution >= 0.6 is 0 Å². The molecule has 0 unspecified atom stereocenters. The van der Waals surface area contributed by atoms with Crippen LogP contribution in [0, 0.1) is 0 Å². The van der Waals surface area contributed by atoms with Gasteiger partial charge >= 0.3 is 0 Å². The number of ether oxygens (including phenoxy) is 1. The van der Waals surface area contributed by atoms with E-state index in [1.807, 2.05) is 0 Å². The van der Waals surface area contributed by atoms with Gasteiger partial charge in [-0.05, 0) is 99.2 Å². The lowest BCUT2D eigenvalue weighted by molar-refractivity contribution is 0.487. The van der Waals surface area contributed by atoms with E-state index >= 15 is 0 Å². The number of para-hydroxylation sites is 2. The monoisotopic (exact) mass is 702 g/mol. The number of fused-ring (bicyclic) bond motifs is 6. The summed E-state index contributed by atoms with van der Waals surface area (Å²) in [5.74, 6) is 1.69. The maximum atomic E-state index is 6.91. The summed E-state index contributed by atoms with van der Waals surface area (Å²) in [6.07, 6.45) is 0. The fraction of sp³-hybridized carbons (Fsp3) is 0. The molecule has 258 valence electrons. The Hall–Kier alpha value is -7.36. The van der Waals surface area contributed by atoms with Crippen molar-refractivity contribution >= 4 is 77.2 Å². The van der Waals surface area contributed by atoms with E-state index in [9.17, 15) is 0 Å². The number of hydrogen-bond donors (Lipinski definition) is 0. The van der Waals surface area contributed by atoms with Gasteiger partial charge in [0, 0.05) is 50.5 Å². The normalized spacial score (nSPS) is 11.8. The third kappa shape index (κ3) is 5.13. The largest absolute Gasteiger partial charge is 0.456 e. The second-order valence-corrected chi connectivity index (χ2v) is 14.1. The van der Waals surface area contributed by atoms with E-state index < -0.39 is 0 Å². The highest BCUT2D eigenvalue weighted by Crippen LogP contribution is 2.52. The van der Waals surface area contributed by atoms with Gasteiger partial charge in [-0.2, -0.15) is 0 Å². The van der Waals surface area contributed by atoms with Crippen molar-refractivity contribution in [3.05, 3.63) is 206 Å². The molecule has 1 heterocycles. The fourth-order valence-corrected chi connectivity index (χ4v) is 8.48. The molecule has 0 bridgehead atoms. The van der Waals surface area contributed by atoms with Gasteiger partial charge in [0.15, 0.2) is 0 Å². The SMILES string of the molecule is c1ccc(N(c2ccc3c(c2)Oc2cccc4c(N(c5ccccc5)c5cc6ccccc6c6ccccc56)ccc-3c24)c2ccc3ccccc3c2)cc1. The summed E-state index contributed by atoms with van der Waals surface area (Å²) in [6.45, 7) is 0. The van der Waals surface area contributed by atoms with Crippen molar-refractivity contribution in [1.29, 1.82) is 0 Å². The van der Waals surface area contributed by atoms with Gasteiger partial charge in [-0.25, -0.2) is 0 Å². The van der Waals surface area contributed by atoms with Gasteiger partial charge in [-0.3, -0.25) is 0 Å². The molecule has 0 saturated heterocycles. The summed E-state index contributed by atoms with van der Waals surface area (Å²) in [5, 5.41) is 9.57. The van der Waals surface area contributed by atoms with Gasteiger partial charge in [-0.15, -0.1) is 0 Å². The molecule has 0 atom stereocenters. The van der Waals surface area contributed by atoms with Crippen LogP contribution in [0.5, 0.6) is 11.5 Å². The van der Waals surface area contributed by atoms with E-state index in [1.54, 1.807) is 0 Å². The molecule has 55 heavy (non-hydrogen) atoms. The Morgan fingerprint density at radius 2 is 0.891 bits per heavy atom. The average molecular weight is 703 g/mol. The van der Waals surface area contributed by atoms with Crippen LogP contribution in [0.4, 0.5) is 34.1 Å². The van der Waals surface area contributed by atoms with Crippen molar-refractivity contribution in [2.45, 2.75) is 0 Å². The van der Waals surface area contributed by atoms with Crippen LogP contribution in [-0.4, -0.2) is 0 Å². The van der Waals surface area contributed by atoms with E-state index in [0.717, 1.165) is 67.5 Å². The van der Waals surface area contributed by atoms with Crippen LogP contribution < -0.4 is 14.5 Å². The predicted molar refractivity (Wildman–Crippen MR) is 231 cm³/mol. The first-order valence-electron chi connectivity index (χ1n) is 18.8. The van der Waals surface area contributed by atoms with Crippen LogP contribution in [0.25, 0.3) is 54.2 Å². The number of nitrogens with zero attached hydrogens (tertiary/aromatic N) is 2. The van der Waals surface area contributed by atoms with E-state index in [4.69, 9.17) is 4.74 Å². The minimum Gasteiger partial charge on any atom is -0.456 e. The minimum atomic E-state index is 0.840. The lowest BCUT2D eigenvalue weighted by Crippen LogP contribution is -2.12. The molecule has 3 heteroatoms. The molecule has 0 N–H and O–H groups in total. The number of benzene rings is 10. The molecule has 1 aliphatic rings. The Labute approximate surface area is 319 Å². The molecule has 0 fully saturated rings. The van der Waals surface area contributed by atoms with Crippen molar-refractivity contribution in [2.24, 2.45) is 0 Å². The van der Waals surface area contributed by atoms with E-state index in [0.29, 0.717) is 0 Å². The molecule has 0 aliphatic carbocycles. The minimum absolute atomic E-state index is 0.840. The topological polar surface area (TPSA) is 15.7 Å². The Balaban J connectivity index is 1.09. The van der Waals surface area contributed by atoms with Crippen molar-refractivity contribution in [3.8, 4) is 22.6 Å². The number of rotatable bonds is 6. The van der Waals surface area contributed by atoms with E-state index in [2.05, 4.69) is 216 Å². The predicted octanol–water partition coefficient (Wildman–Crippen LogP) is 15.0. The second kappa shape index (κ2) is 12.6. The van der Waals surface area contributed by atoms with Crippen LogP contribution in [0.3, 0.4) is 0 Å². The molecular formula is C52H34N2O. The summed E-state index contributed by atoms with van der Waals surface area (Å²) in [4.78, 5) is 4.72. The quantitative estimate of drug-likeness (QED) is 0.160. The highest BCUT2D eigenvalue weighted by Gasteiger charge is 2.26.